The molecule has 1 aliphatic carbocycles. The van der Waals surface area contributed by atoms with Crippen LogP contribution in [0.1, 0.15) is 57.3 Å². The summed E-state index contributed by atoms with van der Waals surface area (Å²) in [5, 5.41) is 14.4. The van der Waals surface area contributed by atoms with E-state index in [9.17, 15) is 9.59 Å². The van der Waals surface area contributed by atoms with Gasteiger partial charge in [0.15, 0.2) is 11.5 Å². The van der Waals surface area contributed by atoms with Gasteiger partial charge < -0.3 is 10.6 Å². The standard InChI is InChI=1S/C18H25N5O2/c1-2-6-14(17-22-21-15-7-3-4-12-23(15)17)20-16(24)8-5-11-19-18(25)13-9-10-13/h3-4,7,12-14H,2,5-6,8-11H2,1H3,(H,19,25)(H,20,24)/t14-/m0/s1. The van der Waals surface area contributed by atoms with Crippen molar-refractivity contribution >= 4 is 17.5 Å². The number of nitrogens with zero attached hydrogens (tertiary/aromatic N) is 3. The zero-order valence-corrected chi connectivity index (χ0v) is 14.6. The molecule has 7 heteroatoms. The molecular formula is C18H25N5O2. The van der Waals surface area contributed by atoms with Crippen LogP contribution in [0.4, 0.5) is 0 Å². The maximum Gasteiger partial charge on any atom is 0.223 e. The summed E-state index contributed by atoms with van der Waals surface area (Å²) in [6, 6.07) is 5.57. The fourth-order valence-electron chi connectivity index (χ4n) is 2.87. The van der Waals surface area contributed by atoms with Crippen molar-refractivity contribution in [2.45, 2.75) is 51.5 Å². The molecule has 2 aromatic heterocycles. The summed E-state index contributed by atoms with van der Waals surface area (Å²) in [5.41, 5.74) is 0.774. The van der Waals surface area contributed by atoms with Gasteiger partial charge in [0.05, 0.1) is 6.04 Å². The first-order valence-electron chi connectivity index (χ1n) is 9.05. The molecule has 0 aliphatic heterocycles. The van der Waals surface area contributed by atoms with Crippen molar-refractivity contribution in [3.05, 3.63) is 30.2 Å². The zero-order valence-electron chi connectivity index (χ0n) is 14.6. The van der Waals surface area contributed by atoms with Gasteiger partial charge in [-0.25, -0.2) is 0 Å². The maximum absolute atomic E-state index is 12.3. The Hall–Kier alpha value is -2.44. The number of hydrogen-bond acceptors (Lipinski definition) is 4. The third-order valence-electron chi connectivity index (χ3n) is 4.39. The zero-order chi connectivity index (χ0) is 17.6. The quantitative estimate of drug-likeness (QED) is 0.682. The molecule has 1 aliphatic rings. The van der Waals surface area contributed by atoms with Gasteiger partial charge in [-0.2, -0.15) is 0 Å². The number of pyridine rings is 1. The molecule has 2 heterocycles. The molecule has 25 heavy (non-hydrogen) atoms. The third-order valence-corrected chi connectivity index (χ3v) is 4.39. The van der Waals surface area contributed by atoms with E-state index in [1.807, 2.05) is 28.8 Å². The molecule has 2 aromatic rings. The third kappa shape index (κ3) is 4.55. The lowest BCUT2D eigenvalue weighted by Crippen LogP contribution is -2.31. The van der Waals surface area contributed by atoms with E-state index < -0.39 is 0 Å². The van der Waals surface area contributed by atoms with Crippen LogP contribution in [-0.4, -0.2) is 33.0 Å². The molecule has 1 fully saturated rings. The van der Waals surface area contributed by atoms with Crippen molar-refractivity contribution in [1.82, 2.24) is 25.2 Å². The predicted molar refractivity (Wildman–Crippen MR) is 93.7 cm³/mol. The van der Waals surface area contributed by atoms with Crippen LogP contribution in [0.3, 0.4) is 0 Å². The normalized spacial score (nSPS) is 15.1. The monoisotopic (exact) mass is 343 g/mol. The summed E-state index contributed by atoms with van der Waals surface area (Å²) < 4.78 is 1.91. The van der Waals surface area contributed by atoms with E-state index in [1.165, 1.54) is 0 Å². The fraction of sp³-hybridized carbons (Fsp3) is 0.556. The fourth-order valence-corrected chi connectivity index (χ4v) is 2.87. The topological polar surface area (TPSA) is 88.4 Å². The van der Waals surface area contributed by atoms with Gasteiger partial charge in [-0.3, -0.25) is 14.0 Å². The Morgan fingerprint density at radius 1 is 1.32 bits per heavy atom. The second-order valence-electron chi connectivity index (χ2n) is 6.56. The summed E-state index contributed by atoms with van der Waals surface area (Å²) in [4.78, 5) is 23.8. The van der Waals surface area contributed by atoms with Crippen LogP contribution >= 0.6 is 0 Å². The minimum Gasteiger partial charge on any atom is -0.356 e. The largest absolute Gasteiger partial charge is 0.356 e. The number of carbonyl (C=O) groups excluding carboxylic acids is 2. The van der Waals surface area contributed by atoms with E-state index in [0.29, 0.717) is 19.4 Å². The summed E-state index contributed by atoms with van der Waals surface area (Å²) in [7, 11) is 0. The number of carbonyl (C=O) groups is 2. The molecule has 3 rings (SSSR count). The number of fused-ring (bicyclic) bond motifs is 1. The van der Waals surface area contributed by atoms with Gasteiger partial charge in [-0.05, 0) is 37.8 Å². The van der Waals surface area contributed by atoms with E-state index in [4.69, 9.17) is 0 Å². The van der Waals surface area contributed by atoms with Crippen LogP contribution in [0.5, 0.6) is 0 Å². The lowest BCUT2D eigenvalue weighted by Gasteiger charge is -2.16. The Labute approximate surface area is 147 Å². The van der Waals surface area contributed by atoms with E-state index in [0.717, 1.165) is 37.2 Å². The molecule has 2 N–H and O–H groups in total. The van der Waals surface area contributed by atoms with Gasteiger partial charge in [-0.15, -0.1) is 10.2 Å². The molecule has 1 atom stereocenters. The Kier molecular flexibility index (Phi) is 5.63. The lowest BCUT2D eigenvalue weighted by molar-refractivity contribution is -0.124. The van der Waals surface area contributed by atoms with Crippen LogP contribution < -0.4 is 10.6 Å². The summed E-state index contributed by atoms with van der Waals surface area (Å²) >= 11 is 0. The molecule has 0 bridgehead atoms. The Balaban J connectivity index is 1.52. The molecule has 2 amide bonds. The first-order valence-corrected chi connectivity index (χ1v) is 9.05. The molecule has 1 saturated carbocycles. The summed E-state index contributed by atoms with van der Waals surface area (Å²) in [5.74, 6) is 1.07. The van der Waals surface area contributed by atoms with E-state index in [2.05, 4.69) is 27.8 Å². The van der Waals surface area contributed by atoms with E-state index in [1.54, 1.807) is 0 Å². The molecule has 134 valence electrons. The van der Waals surface area contributed by atoms with Crippen molar-refractivity contribution in [3.8, 4) is 0 Å². The van der Waals surface area contributed by atoms with Gasteiger partial charge in [-0.1, -0.05) is 19.4 Å². The molecule has 0 saturated heterocycles. The summed E-state index contributed by atoms with van der Waals surface area (Å²) in [6.07, 6.45) is 6.68. The highest BCUT2D eigenvalue weighted by Crippen LogP contribution is 2.28. The summed E-state index contributed by atoms with van der Waals surface area (Å²) in [6.45, 7) is 2.63. The van der Waals surface area contributed by atoms with E-state index in [-0.39, 0.29) is 23.8 Å². The maximum atomic E-state index is 12.3. The Bertz CT molecular complexity index is 738. The van der Waals surface area contributed by atoms with Crippen LogP contribution in [0, 0.1) is 5.92 Å². The van der Waals surface area contributed by atoms with Crippen molar-refractivity contribution in [2.24, 2.45) is 5.92 Å². The SMILES string of the molecule is CCC[C@H](NC(=O)CCCNC(=O)C1CC1)c1nnc2ccccn12. The predicted octanol–water partition coefficient (Wildman–Crippen LogP) is 1.99. The van der Waals surface area contributed by atoms with Crippen molar-refractivity contribution in [3.63, 3.8) is 0 Å². The van der Waals surface area contributed by atoms with Crippen LogP contribution in [0.15, 0.2) is 24.4 Å². The average Bonchev–Trinajstić information content (AvgIpc) is 3.38. The molecule has 7 nitrogen and oxygen atoms in total. The second kappa shape index (κ2) is 8.09. The molecular weight excluding hydrogens is 318 g/mol. The highest BCUT2D eigenvalue weighted by Gasteiger charge is 2.29. The number of rotatable bonds is 9. The highest BCUT2D eigenvalue weighted by atomic mass is 16.2. The van der Waals surface area contributed by atoms with Crippen LogP contribution in [0.25, 0.3) is 5.65 Å². The van der Waals surface area contributed by atoms with Gasteiger partial charge in [0.2, 0.25) is 11.8 Å². The van der Waals surface area contributed by atoms with Gasteiger partial charge in [0, 0.05) is 25.1 Å². The highest BCUT2D eigenvalue weighted by molar-refractivity contribution is 5.81. The number of hydrogen-bond donors (Lipinski definition) is 2. The second-order valence-corrected chi connectivity index (χ2v) is 6.56. The number of nitrogens with one attached hydrogen (secondary N) is 2. The van der Waals surface area contributed by atoms with Crippen molar-refractivity contribution < 1.29 is 9.59 Å². The Morgan fingerprint density at radius 3 is 2.92 bits per heavy atom. The number of amides is 2. The van der Waals surface area contributed by atoms with Crippen molar-refractivity contribution in [1.29, 1.82) is 0 Å². The number of aromatic nitrogens is 3. The molecule has 0 unspecified atom stereocenters. The molecule has 0 spiro atoms. The molecule has 0 radical (unpaired) electrons. The van der Waals surface area contributed by atoms with Gasteiger partial charge >= 0.3 is 0 Å². The van der Waals surface area contributed by atoms with Crippen LogP contribution in [0.2, 0.25) is 0 Å². The van der Waals surface area contributed by atoms with Crippen LogP contribution in [-0.2, 0) is 9.59 Å². The van der Waals surface area contributed by atoms with Gasteiger partial charge in [0.1, 0.15) is 0 Å². The average molecular weight is 343 g/mol. The Morgan fingerprint density at radius 2 is 2.16 bits per heavy atom. The van der Waals surface area contributed by atoms with E-state index >= 15 is 0 Å². The first kappa shape index (κ1) is 17.4. The lowest BCUT2D eigenvalue weighted by atomic mass is 10.1. The van der Waals surface area contributed by atoms with Crippen molar-refractivity contribution in [2.75, 3.05) is 6.54 Å². The minimum atomic E-state index is -0.157. The molecule has 0 aromatic carbocycles. The van der Waals surface area contributed by atoms with Gasteiger partial charge in [0.25, 0.3) is 0 Å². The smallest absolute Gasteiger partial charge is 0.223 e. The minimum absolute atomic E-state index is 0.0215. The first-order chi connectivity index (χ1) is 12.2.